The first-order valence-electron chi connectivity index (χ1n) is 9.25. The van der Waals surface area contributed by atoms with Crippen molar-refractivity contribution >= 4 is 27.6 Å². The Balaban J connectivity index is 3.30. The molecule has 0 atom stereocenters. The van der Waals surface area contributed by atoms with E-state index in [0.29, 0.717) is 5.69 Å². The molecule has 0 N–H and O–H groups in total. The van der Waals surface area contributed by atoms with Crippen molar-refractivity contribution in [3.05, 3.63) is 33.9 Å². The molecule has 4 heteroatoms. The second kappa shape index (κ2) is 10.3. The van der Waals surface area contributed by atoms with Crippen molar-refractivity contribution in [2.45, 2.75) is 79.5 Å². The van der Waals surface area contributed by atoms with Crippen LogP contribution in [0.4, 0.5) is 5.69 Å². The van der Waals surface area contributed by atoms with E-state index in [9.17, 15) is 10.1 Å². The molecule has 0 fully saturated rings. The molecule has 0 unspecified atom stereocenters. The monoisotopic (exact) mass is 427 g/mol. The zero-order valence-corrected chi connectivity index (χ0v) is 18.2. The van der Waals surface area contributed by atoms with Gasteiger partial charge in [0.25, 0.3) is 0 Å². The van der Waals surface area contributed by atoms with Crippen LogP contribution in [-0.4, -0.2) is 23.3 Å². The summed E-state index contributed by atoms with van der Waals surface area (Å²) in [5.41, 5.74) is 1.35. The van der Waals surface area contributed by atoms with Gasteiger partial charge < -0.3 is 0 Å². The standard InChI is InChI=1S/C7H6NO2.3C4H9.Sn/c1-6-3-2-4-7(5-6)8(9)10;3*1-3-4-2;/h3-5H,1H3;3*1,3-4H2,2H3;. The Hall–Kier alpha value is -0.581. The van der Waals surface area contributed by atoms with Crippen LogP contribution in [0.2, 0.25) is 13.3 Å². The summed E-state index contributed by atoms with van der Waals surface area (Å²) >= 11 is -2.55. The van der Waals surface area contributed by atoms with Crippen LogP contribution in [0.25, 0.3) is 0 Å². The molecule has 0 amide bonds. The zero-order chi connectivity index (χ0) is 17.3. The summed E-state index contributed by atoms with van der Waals surface area (Å²) in [6, 6.07) is 5.94. The number of non-ortho nitro benzene ring substituents is 1. The summed E-state index contributed by atoms with van der Waals surface area (Å²) < 4.78 is 5.46. The average Bonchev–Trinajstić information content (AvgIpc) is 2.54. The molecule has 0 saturated heterocycles. The van der Waals surface area contributed by atoms with Gasteiger partial charge in [0.15, 0.2) is 0 Å². The van der Waals surface area contributed by atoms with Gasteiger partial charge in [-0.3, -0.25) is 0 Å². The normalized spacial score (nSPS) is 11.7. The first-order chi connectivity index (χ1) is 11.0. The summed E-state index contributed by atoms with van der Waals surface area (Å²) in [5, 5.41) is 11.3. The van der Waals surface area contributed by atoms with Crippen LogP contribution < -0.4 is 3.58 Å². The molecule has 0 saturated carbocycles. The maximum atomic E-state index is 11.3. The van der Waals surface area contributed by atoms with E-state index in [4.69, 9.17) is 0 Å². The minimum absolute atomic E-state index is 0.216. The van der Waals surface area contributed by atoms with Crippen molar-refractivity contribution in [2.75, 3.05) is 0 Å². The van der Waals surface area contributed by atoms with Gasteiger partial charge in [-0.25, -0.2) is 0 Å². The molecule has 0 aliphatic carbocycles. The average molecular weight is 426 g/mol. The van der Waals surface area contributed by atoms with Gasteiger partial charge in [-0.1, -0.05) is 0 Å². The first-order valence-corrected chi connectivity index (χ1v) is 16.7. The Morgan fingerprint density at radius 2 is 1.39 bits per heavy atom. The molecular weight excluding hydrogens is 393 g/mol. The molecule has 1 aromatic rings. The van der Waals surface area contributed by atoms with Crippen LogP contribution in [0, 0.1) is 17.0 Å². The number of unbranched alkanes of at least 4 members (excludes halogenated alkanes) is 3. The Kier molecular flexibility index (Phi) is 9.18. The van der Waals surface area contributed by atoms with Gasteiger partial charge >= 0.3 is 146 Å². The molecule has 1 aromatic carbocycles. The Labute approximate surface area is 145 Å². The molecule has 23 heavy (non-hydrogen) atoms. The van der Waals surface area contributed by atoms with Crippen LogP contribution in [-0.2, 0) is 0 Å². The van der Waals surface area contributed by atoms with Gasteiger partial charge in [-0.15, -0.1) is 0 Å². The molecule has 0 aromatic heterocycles. The van der Waals surface area contributed by atoms with Gasteiger partial charge in [0.1, 0.15) is 0 Å². The number of hydrogen-bond acceptors (Lipinski definition) is 2. The van der Waals surface area contributed by atoms with Gasteiger partial charge in [0, 0.05) is 0 Å². The summed E-state index contributed by atoms with van der Waals surface area (Å²) in [6.07, 6.45) is 7.53. The molecule has 1 rings (SSSR count). The van der Waals surface area contributed by atoms with Gasteiger partial charge in [-0.2, -0.15) is 0 Å². The molecule has 130 valence electrons. The number of aryl methyl sites for hydroxylation is 1. The third-order valence-corrected chi connectivity index (χ3v) is 20.5. The van der Waals surface area contributed by atoms with E-state index in [0.717, 1.165) is 5.56 Å². The predicted molar refractivity (Wildman–Crippen MR) is 102 cm³/mol. The van der Waals surface area contributed by atoms with Crippen molar-refractivity contribution in [1.29, 1.82) is 0 Å². The van der Waals surface area contributed by atoms with Crippen LogP contribution in [0.1, 0.15) is 64.9 Å². The fraction of sp³-hybridized carbons (Fsp3) is 0.684. The molecule has 0 spiro atoms. The van der Waals surface area contributed by atoms with E-state index < -0.39 is 18.4 Å². The zero-order valence-electron chi connectivity index (χ0n) is 15.4. The molecule has 0 bridgehead atoms. The third kappa shape index (κ3) is 6.09. The van der Waals surface area contributed by atoms with Crippen LogP contribution >= 0.6 is 0 Å². The summed E-state index contributed by atoms with van der Waals surface area (Å²) in [4.78, 5) is 11.1. The van der Waals surface area contributed by atoms with E-state index in [1.165, 1.54) is 55.4 Å². The van der Waals surface area contributed by atoms with E-state index in [1.54, 1.807) is 6.07 Å². The first kappa shape index (κ1) is 20.5. The fourth-order valence-electron chi connectivity index (χ4n) is 3.53. The minimum atomic E-state index is -2.55. The number of nitro benzene ring substituents is 1. The fourth-order valence-corrected chi connectivity index (χ4v) is 19.8. The quantitative estimate of drug-likeness (QED) is 0.249. The predicted octanol–water partition coefficient (Wildman–Crippen LogP) is 5.96. The Bertz CT molecular complexity index is 480. The topological polar surface area (TPSA) is 43.1 Å². The molecule has 0 radical (unpaired) electrons. The van der Waals surface area contributed by atoms with Crippen molar-refractivity contribution in [3.8, 4) is 0 Å². The summed E-state index contributed by atoms with van der Waals surface area (Å²) in [7, 11) is 0. The molecule has 0 aliphatic rings. The molecular formula is C19H33NO2Sn. The van der Waals surface area contributed by atoms with Crippen molar-refractivity contribution in [3.63, 3.8) is 0 Å². The van der Waals surface area contributed by atoms with E-state index >= 15 is 0 Å². The van der Waals surface area contributed by atoms with Crippen molar-refractivity contribution < 1.29 is 4.92 Å². The van der Waals surface area contributed by atoms with E-state index in [-0.39, 0.29) is 4.92 Å². The van der Waals surface area contributed by atoms with Gasteiger partial charge in [0.05, 0.1) is 0 Å². The maximum absolute atomic E-state index is 11.3. The van der Waals surface area contributed by atoms with E-state index in [2.05, 4.69) is 26.8 Å². The van der Waals surface area contributed by atoms with Crippen molar-refractivity contribution in [1.82, 2.24) is 0 Å². The van der Waals surface area contributed by atoms with Gasteiger partial charge in [0.2, 0.25) is 0 Å². The van der Waals surface area contributed by atoms with Crippen LogP contribution in [0.3, 0.4) is 0 Å². The van der Waals surface area contributed by atoms with Crippen LogP contribution in [0.15, 0.2) is 18.2 Å². The number of nitro groups is 1. The van der Waals surface area contributed by atoms with Gasteiger partial charge in [-0.05, 0) is 0 Å². The number of nitrogens with zero attached hydrogens (tertiary/aromatic N) is 1. The number of rotatable bonds is 11. The van der Waals surface area contributed by atoms with Crippen molar-refractivity contribution in [2.24, 2.45) is 0 Å². The summed E-state index contributed by atoms with van der Waals surface area (Å²) in [5.74, 6) is 0. The molecule has 0 aliphatic heterocycles. The SMILES string of the molecule is CCC[CH2][Sn]([CH2]CCC)([CH2]CCC)[c]1cc(C)cc([N+](=O)[O-])c1. The number of benzene rings is 1. The Morgan fingerprint density at radius 1 is 0.913 bits per heavy atom. The van der Waals surface area contributed by atoms with E-state index in [1.807, 2.05) is 13.0 Å². The van der Waals surface area contributed by atoms with Crippen LogP contribution in [0.5, 0.6) is 0 Å². The molecule has 3 nitrogen and oxygen atoms in total. The Morgan fingerprint density at radius 3 is 1.78 bits per heavy atom. The molecule has 0 heterocycles. The summed E-state index contributed by atoms with van der Waals surface area (Å²) in [6.45, 7) is 8.78. The second-order valence-electron chi connectivity index (χ2n) is 6.91. The third-order valence-electron chi connectivity index (χ3n) is 4.91. The number of hydrogen-bond donors (Lipinski definition) is 0. The second-order valence-corrected chi connectivity index (χ2v) is 20.1.